The second kappa shape index (κ2) is 9.60. The second-order valence-electron chi connectivity index (χ2n) is 7.35. The van der Waals surface area contributed by atoms with Crippen LogP contribution in [0.1, 0.15) is 44.0 Å². The number of rotatable bonds is 8. The van der Waals surface area contributed by atoms with E-state index >= 15 is 0 Å². The summed E-state index contributed by atoms with van der Waals surface area (Å²) in [4.78, 5) is 14.9. The van der Waals surface area contributed by atoms with Crippen LogP contribution in [0.25, 0.3) is 0 Å². The van der Waals surface area contributed by atoms with Crippen molar-refractivity contribution in [1.82, 2.24) is 0 Å². The number of nitrogens with zero attached hydrogens (tertiary/aromatic N) is 1. The number of hydrogen-bond acceptors (Lipinski definition) is 4. The van der Waals surface area contributed by atoms with Gasteiger partial charge in [0.05, 0.1) is 6.10 Å². The molecule has 1 aliphatic heterocycles. The van der Waals surface area contributed by atoms with Crippen LogP contribution in [0.2, 0.25) is 0 Å². The first kappa shape index (κ1) is 20.2. The fourth-order valence-corrected chi connectivity index (χ4v) is 3.48. The van der Waals surface area contributed by atoms with Crippen molar-refractivity contribution in [3.63, 3.8) is 0 Å². The monoisotopic (exact) mass is 382 g/mol. The topological polar surface area (TPSA) is 50.8 Å². The van der Waals surface area contributed by atoms with Crippen molar-refractivity contribution >= 4 is 17.3 Å². The molecule has 1 amide bonds. The summed E-state index contributed by atoms with van der Waals surface area (Å²) in [6.07, 6.45) is 2.27. The lowest BCUT2D eigenvalue weighted by atomic mass is 10.2. The molecule has 0 bridgehead atoms. The minimum atomic E-state index is -0.147. The van der Waals surface area contributed by atoms with Gasteiger partial charge in [-0.1, -0.05) is 6.07 Å². The predicted molar refractivity (Wildman–Crippen MR) is 113 cm³/mol. The van der Waals surface area contributed by atoms with Crippen LogP contribution >= 0.6 is 0 Å². The van der Waals surface area contributed by atoms with Crippen LogP contribution < -0.4 is 15.0 Å². The van der Waals surface area contributed by atoms with Gasteiger partial charge in [-0.25, -0.2) is 0 Å². The molecule has 0 spiro atoms. The largest absolute Gasteiger partial charge is 0.491 e. The van der Waals surface area contributed by atoms with E-state index in [1.165, 1.54) is 0 Å². The van der Waals surface area contributed by atoms with Crippen molar-refractivity contribution in [2.75, 3.05) is 30.0 Å². The fourth-order valence-electron chi connectivity index (χ4n) is 3.48. The first-order chi connectivity index (χ1) is 13.6. The molecule has 0 radical (unpaired) electrons. The Morgan fingerprint density at radius 3 is 2.68 bits per heavy atom. The van der Waals surface area contributed by atoms with E-state index in [1.807, 2.05) is 36.4 Å². The zero-order chi connectivity index (χ0) is 19.9. The zero-order valence-electron chi connectivity index (χ0n) is 17.0. The van der Waals surface area contributed by atoms with Crippen molar-refractivity contribution in [3.8, 4) is 5.75 Å². The van der Waals surface area contributed by atoms with Crippen molar-refractivity contribution in [1.29, 1.82) is 0 Å². The Kier molecular flexibility index (Phi) is 6.93. The summed E-state index contributed by atoms with van der Waals surface area (Å²) in [5, 5.41) is 2.96. The summed E-state index contributed by atoms with van der Waals surface area (Å²) in [7, 11) is 0. The normalized spacial score (nSPS) is 16.2. The van der Waals surface area contributed by atoms with Gasteiger partial charge in [-0.15, -0.1) is 0 Å². The van der Waals surface area contributed by atoms with E-state index in [0.717, 1.165) is 37.4 Å². The number of anilines is 2. The summed E-state index contributed by atoms with van der Waals surface area (Å²) < 4.78 is 11.4. The number of benzene rings is 2. The van der Waals surface area contributed by atoms with Gasteiger partial charge < -0.3 is 19.7 Å². The summed E-state index contributed by atoms with van der Waals surface area (Å²) >= 11 is 0. The van der Waals surface area contributed by atoms with Crippen LogP contribution in [0, 0.1) is 0 Å². The quantitative estimate of drug-likeness (QED) is 0.717. The van der Waals surface area contributed by atoms with E-state index < -0.39 is 0 Å². The van der Waals surface area contributed by atoms with Gasteiger partial charge in [0, 0.05) is 36.1 Å². The van der Waals surface area contributed by atoms with Gasteiger partial charge in [0.2, 0.25) is 0 Å². The molecule has 1 heterocycles. The van der Waals surface area contributed by atoms with Gasteiger partial charge in [0.1, 0.15) is 12.4 Å². The van der Waals surface area contributed by atoms with E-state index in [1.54, 1.807) is 12.1 Å². The van der Waals surface area contributed by atoms with Crippen molar-refractivity contribution in [2.45, 2.75) is 45.8 Å². The molecule has 28 heavy (non-hydrogen) atoms. The Balaban J connectivity index is 1.60. The molecule has 1 N–H and O–H groups in total. The van der Waals surface area contributed by atoms with Crippen molar-refractivity contribution in [3.05, 3.63) is 54.1 Å². The number of carbonyl (C=O) groups is 1. The van der Waals surface area contributed by atoms with Gasteiger partial charge in [-0.2, -0.15) is 0 Å². The molecule has 1 atom stereocenters. The average molecular weight is 383 g/mol. The maximum atomic E-state index is 12.6. The number of hydrogen-bond donors (Lipinski definition) is 1. The summed E-state index contributed by atoms with van der Waals surface area (Å²) in [6.45, 7) is 8.77. The molecular formula is C23H30N2O3. The van der Waals surface area contributed by atoms with Crippen LogP contribution in [-0.2, 0) is 4.74 Å². The minimum absolute atomic E-state index is 0.147. The van der Waals surface area contributed by atoms with Crippen LogP contribution in [0.3, 0.4) is 0 Å². The molecular weight excluding hydrogens is 352 g/mol. The maximum Gasteiger partial charge on any atom is 0.255 e. The molecule has 5 nitrogen and oxygen atoms in total. The fraction of sp³-hybridized carbons (Fsp3) is 0.435. The lowest BCUT2D eigenvalue weighted by molar-refractivity contribution is 0.0679. The van der Waals surface area contributed by atoms with E-state index in [-0.39, 0.29) is 12.0 Å². The van der Waals surface area contributed by atoms with E-state index in [9.17, 15) is 4.79 Å². The van der Waals surface area contributed by atoms with Gasteiger partial charge in [-0.3, -0.25) is 4.79 Å². The maximum absolute atomic E-state index is 12.6. The van der Waals surface area contributed by atoms with E-state index in [4.69, 9.17) is 9.47 Å². The van der Waals surface area contributed by atoms with Gasteiger partial charge in [0.25, 0.3) is 5.91 Å². The predicted octanol–water partition coefficient (Wildman–Crippen LogP) is 4.73. The van der Waals surface area contributed by atoms with Crippen LogP contribution in [0.15, 0.2) is 48.5 Å². The van der Waals surface area contributed by atoms with Gasteiger partial charge in [0.15, 0.2) is 0 Å². The molecule has 2 aromatic rings. The Hall–Kier alpha value is -2.53. The highest BCUT2D eigenvalue weighted by Gasteiger charge is 2.16. The second-order valence-corrected chi connectivity index (χ2v) is 7.35. The molecule has 2 aromatic carbocycles. The molecule has 150 valence electrons. The first-order valence-electron chi connectivity index (χ1n) is 10.1. The summed E-state index contributed by atoms with van der Waals surface area (Å²) in [5.74, 6) is 0.542. The van der Waals surface area contributed by atoms with Crippen molar-refractivity contribution in [2.24, 2.45) is 0 Å². The Bertz CT molecular complexity index is 768. The SMILES string of the molecule is CCN(c1ccc(NC(=O)c2cccc(OCC3CCCO3)c2)cc1)C(C)C. The zero-order valence-corrected chi connectivity index (χ0v) is 17.0. The molecule has 1 saturated heterocycles. The Labute approximate surface area is 167 Å². The van der Waals surface area contributed by atoms with Crippen LogP contribution in [-0.4, -0.2) is 37.8 Å². The van der Waals surface area contributed by atoms with Crippen LogP contribution in [0.4, 0.5) is 11.4 Å². The lowest BCUT2D eigenvalue weighted by Crippen LogP contribution is -2.30. The smallest absolute Gasteiger partial charge is 0.255 e. The Morgan fingerprint density at radius 1 is 1.25 bits per heavy atom. The van der Waals surface area contributed by atoms with Crippen LogP contribution in [0.5, 0.6) is 5.75 Å². The minimum Gasteiger partial charge on any atom is -0.491 e. The molecule has 0 saturated carbocycles. The third kappa shape index (κ3) is 5.26. The molecule has 1 aliphatic rings. The van der Waals surface area contributed by atoms with E-state index in [0.29, 0.717) is 24.0 Å². The number of amides is 1. The highest BCUT2D eigenvalue weighted by Crippen LogP contribution is 2.21. The standard InChI is InChI=1S/C23H30N2O3/c1-4-25(17(2)3)20-12-10-19(11-13-20)24-23(26)18-7-5-8-21(15-18)28-16-22-9-6-14-27-22/h5,7-8,10-13,15,17,22H,4,6,9,14,16H2,1-3H3,(H,24,26). The van der Waals surface area contributed by atoms with Crippen molar-refractivity contribution < 1.29 is 14.3 Å². The molecule has 3 rings (SSSR count). The number of carbonyl (C=O) groups excluding carboxylic acids is 1. The molecule has 1 unspecified atom stereocenters. The molecule has 1 fully saturated rings. The highest BCUT2D eigenvalue weighted by atomic mass is 16.5. The molecule has 0 aromatic heterocycles. The third-order valence-electron chi connectivity index (χ3n) is 4.98. The third-order valence-corrected chi connectivity index (χ3v) is 4.98. The summed E-state index contributed by atoms with van der Waals surface area (Å²) in [6, 6.07) is 15.7. The van der Waals surface area contributed by atoms with Gasteiger partial charge >= 0.3 is 0 Å². The molecule has 5 heteroatoms. The number of nitrogens with one attached hydrogen (secondary N) is 1. The highest BCUT2D eigenvalue weighted by molar-refractivity contribution is 6.04. The first-order valence-corrected chi connectivity index (χ1v) is 10.1. The van der Waals surface area contributed by atoms with E-state index in [2.05, 4.69) is 31.0 Å². The number of ether oxygens (including phenoxy) is 2. The average Bonchev–Trinajstić information content (AvgIpc) is 3.22. The summed E-state index contributed by atoms with van der Waals surface area (Å²) in [5.41, 5.74) is 2.51. The van der Waals surface area contributed by atoms with Gasteiger partial charge in [-0.05, 0) is 76.1 Å². The Morgan fingerprint density at radius 2 is 2.04 bits per heavy atom. The lowest BCUT2D eigenvalue weighted by Gasteiger charge is -2.27. The molecule has 0 aliphatic carbocycles.